The van der Waals surface area contributed by atoms with Gasteiger partial charge in [-0.3, -0.25) is 4.79 Å². The number of carbonyl (C=O) groups is 1. The highest BCUT2D eigenvalue weighted by atomic mass is 16.5. The number of rotatable bonds is 4. The van der Waals surface area contributed by atoms with Crippen molar-refractivity contribution in [3.8, 4) is 5.75 Å². The van der Waals surface area contributed by atoms with Crippen LogP contribution in [0.3, 0.4) is 0 Å². The minimum atomic E-state index is -0.257. The molecule has 1 aromatic rings. The van der Waals surface area contributed by atoms with Gasteiger partial charge in [0.15, 0.2) is 0 Å². The normalized spacial score (nSPS) is 22.1. The van der Waals surface area contributed by atoms with Gasteiger partial charge in [0, 0.05) is 38.8 Å². The van der Waals surface area contributed by atoms with Gasteiger partial charge >= 0.3 is 5.97 Å². The summed E-state index contributed by atoms with van der Waals surface area (Å²) in [6.07, 6.45) is 0.639. The van der Waals surface area contributed by atoms with E-state index in [2.05, 4.69) is 5.32 Å². The van der Waals surface area contributed by atoms with E-state index >= 15 is 0 Å². The molecule has 1 aliphatic heterocycles. The molecule has 1 aromatic carbocycles. The standard InChI is InChI=1S/C14H20N2O3/c1-16(2)10-5-4-6-11(7-10)19-12-8-13(15-9-12)14(17)18-3/h4-7,12-13,15H,8-9H2,1-3H3. The molecule has 0 aromatic heterocycles. The number of carbonyl (C=O) groups excluding carboxylic acids is 1. The van der Waals surface area contributed by atoms with Gasteiger partial charge in [0.25, 0.3) is 0 Å². The van der Waals surface area contributed by atoms with Crippen LogP contribution in [0.4, 0.5) is 5.69 Å². The van der Waals surface area contributed by atoms with Crippen LogP contribution in [-0.4, -0.2) is 45.9 Å². The Balaban J connectivity index is 1.95. The lowest BCUT2D eigenvalue weighted by Crippen LogP contribution is -2.31. The van der Waals surface area contributed by atoms with Crippen LogP contribution in [-0.2, 0) is 9.53 Å². The molecule has 1 saturated heterocycles. The molecule has 5 heteroatoms. The number of anilines is 1. The van der Waals surface area contributed by atoms with E-state index in [1.165, 1.54) is 7.11 Å². The molecule has 0 bridgehead atoms. The van der Waals surface area contributed by atoms with E-state index in [0.29, 0.717) is 13.0 Å². The van der Waals surface area contributed by atoms with E-state index in [1.807, 2.05) is 43.3 Å². The summed E-state index contributed by atoms with van der Waals surface area (Å²) >= 11 is 0. The molecule has 1 fully saturated rings. The minimum Gasteiger partial charge on any atom is -0.489 e. The summed E-state index contributed by atoms with van der Waals surface area (Å²) < 4.78 is 10.6. The topological polar surface area (TPSA) is 50.8 Å². The third-order valence-corrected chi connectivity index (χ3v) is 3.21. The summed E-state index contributed by atoms with van der Waals surface area (Å²) in [7, 11) is 5.38. The lowest BCUT2D eigenvalue weighted by Gasteiger charge is -2.16. The Kier molecular flexibility index (Phi) is 4.27. The number of esters is 1. The number of hydrogen-bond donors (Lipinski definition) is 1. The van der Waals surface area contributed by atoms with Crippen molar-refractivity contribution in [2.24, 2.45) is 0 Å². The third kappa shape index (κ3) is 3.38. The van der Waals surface area contributed by atoms with Gasteiger partial charge in [0.1, 0.15) is 17.9 Å². The van der Waals surface area contributed by atoms with Crippen LogP contribution in [0.5, 0.6) is 5.75 Å². The van der Waals surface area contributed by atoms with Crippen LogP contribution >= 0.6 is 0 Å². The van der Waals surface area contributed by atoms with Crippen LogP contribution in [0, 0.1) is 0 Å². The Morgan fingerprint density at radius 1 is 1.42 bits per heavy atom. The quantitative estimate of drug-likeness (QED) is 0.823. The van der Waals surface area contributed by atoms with Crippen LogP contribution in [0.15, 0.2) is 24.3 Å². The number of benzene rings is 1. The van der Waals surface area contributed by atoms with Crippen LogP contribution in [0.1, 0.15) is 6.42 Å². The summed E-state index contributed by atoms with van der Waals surface area (Å²) in [6, 6.07) is 7.65. The van der Waals surface area contributed by atoms with Crippen molar-refractivity contribution in [1.29, 1.82) is 0 Å². The Labute approximate surface area is 113 Å². The van der Waals surface area contributed by atoms with E-state index in [9.17, 15) is 4.79 Å². The SMILES string of the molecule is COC(=O)C1CC(Oc2cccc(N(C)C)c2)CN1. The van der Waals surface area contributed by atoms with Crippen molar-refractivity contribution < 1.29 is 14.3 Å². The van der Waals surface area contributed by atoms with Gasteiger partial charge in [-0.05, 0) is 12.1 Å². The summed E-state index contributed by atoms with van der Waals surface area (Å²) in [5, 5.41) is 3.11. The van der Waals surface area contributed by atoms with E-state index < -0.39 is 0 Å². The number of ether oxygens (including phenoxy) is 2. The predicted molar refractivity (Wildman–Crippen MR) is 73.6 cm³/mol. The molecule has 104 valence electrons. The average Bonchev–Trinajstić information content (AvgIpc) is 2.86. The Morgan fingerprint density at radius 3 is 2.89 bits per heavy atom. The van der Waals surface area contributed by atoms with Crippen molar-refractivity contribution in [1.82, 2.24) is 5.32 Å². The second-order valence-corrected chi connectivity index (χ2v) is 4.85. The first-order valence-electron chi connectivity index (χ1n) is 6.35. The molecule has 0 radical (unpaired) electrons. The molecule has 2 atom stereocenters. The lowest BCUT2D eigenvalue weighted by molar-refractivity contribution is -0.142. The number of hydrogen-bond acceptors (Lipinski definition) is 5. The van der Waals surface area contributed by atoms with Crippen molar-refractivity contribution in [3.63, 3.8) is 0 Å². The smallest absolute Gasteiger partial charge is 0.323 e. The zero-order valence-corrected chi connectivity index (χ0v) is 11.6. The highest BCUT2D eigenvalue weighted by molar-refractivity contribution is 5.76. The molecular weight excluding hydrogens is 244 g/mol. The summed E-state index contributed by atoms with van der Waals surface area (Å²) in [5.74, 6) is 0.594. The summed E-state index contributed by atoms with van der Waals surface area (Å²) in [6.45, 7) is 0.659. The van der Waals surface area contributed by atoms with E-state index in [0.717, 1.165) is 11.4 Å². The molecule has 5 nitrogen and oxygen atoms in total. The van der Waals surface area contributed by atoms with Crippen molar-refractivity contribution in [2.75, 3.05) is 32.6 Å². The monoisotopic (exact) mass is 264 g/mol. The van der Waals surface area contributed by atoms with Gasteiger partial charge in [-0.1, -0.05) is 6.07 Å². The molecule has 0 spiro atoms. The van der Waals surface area contributed by atoms with Crippen LogP contribution in [0.2, 0.25) is 0 Å². The van der Waals surface area contributed by atoms with Gasteiger partial charge in [0.05, 0.1) is 7.11 Å². The zero-order chi connectivity index (χ0) is 13.8. The summed E-state index contributed by atoms with van der Waals surface area (Å²) in [4.78, 5) is 13.4. The first kappa shape index (κ1) is 13.7. The Hall–Kier alpha value is -1.75. The molecule has 1 N–H and O–H groups in total. The fraction of sp³-hybridized carbons (Fsp3) is 0.500. The van der Waals surface area contributed by atoms with Crippen molar-refractivity contribution in [3.05, 3.63) is 24.3 Å². The van der Waals surface area contributed by atoms with Crippen LogP contribution < -0.4 is 15.0 Å². The van der Waals surface area contributed by atoms with Gasteiger partial charge < -0.3 is 19.7 Å². The molecule has 1 aliphatic rings. The van der Waals surface area contributed by atoms with E-state index in [4.69, 9.17) is 9.47 Å². The number of nitrogens with zero attached hydrogens (tertiary/aromatic N) is 1. The fourth-order valence-corrected chi connectivity index (χ4v) is 2.14. The minimum absolute atomic E-state index is 0.00140. The summed E-state index contributed by atoms with van der Waals surface area (Å²) in [5.41, 5.74) is 1.09. The fourth-order valence-electron chi connectivity index (χ4n) is 2.14. The molecule has 19 heavy (non-hydrogen) atoms. The first-order valence-corrected chi connectivity index (χ1v) is 6.35. The molecule has 0 amide bonds. The second kappa shape index (κ2) is 5.93. The Morgan fingerprint density at radius 2 is 2.21 bits per heavy atom. The molecule has 2 unspecified atom stereocenters. The van der Waals surface area contributed by atoms with Gasteiger partial charge in [-0.15, -0.1) is 0 Å². The molecule has 2 rings (SSSR count). The van der Waals surface area contributed by atoms with Gasteiger partial charge in [-0.25, -0.2) is 0 Å². The third-order valence-electron chi connectivity index (χ3n) is 3.21. The molecule has 1 heterocycles. The molecular formula is C14H20N2O3. The highest BCUT2D eigenvalue weighted by Gasteiger charge is 2.31. The van der Waals surface area contributed by atoms with Crippen LogP contribution in [0.25, 0.3) is 0 Å². The van der Waals surface area contributed by atoms with Gasteiger partial charge in [0.2, 0.25) is 0 Å². The maximum Gasteiger partial charge on any atom is 0.323 e. The lowest BCUT2D eigenvalue weighted by atomic mass is 10.2. The molecule has 0 saturated carbocycles. The predicted octanol–water partition coefficient (Wildman–Crippen LogP) is 1.03. The number of methoxy groups -OCH3 is 1. The zero-order valence-electron chi connectivity index (χ0n) is 11.6. The maximum absolute atomic E-state index is 11.4. The maximum atomic E-state index is 11.4. The largest absolute Gasteiger partial charge is 0.489 e. The Bertz CT molecular complexity index is 448. The van der Waals surface area contributed by atoms with E-state index in [-0.39, 0.29) is 18.1 Å². The van der Waals surface area contributed by atoms with Crippen molar-refractivity contribution >= 4 is 11.7 Å². The van der Waals surface area contributed by atoms with E-state index in [1.54, 1.807) is 0 Å². The second-order valence-electron chi connectivity index (χ2n) is 4.85. The first-order chi connectivity index (χ1) is 9.10. The van der Waals surface area contributed by atoms with Gasteiger partial charge in [-0.2, -0.15) is 0 Å². The average molecular weight is 264 g/mol. The highest BCUT2D eigenvalue weighted by Crippen LogP contribution is 2.22. The number of nitrogens with one attached hydrogen (secondary N) is 1. The van der Waals surface area contributed by atoms with Crippen molar-refractivity contribution in [2.45, 2.75) is 18.6 Å². The molecule has 0 aliphatic carbocycles.